The van der Waals surface area contributed by atoms with E-state index in [1.165, 1.54) is 12.0 Å². The third-order valence-corrected chi connectivity index (χ3v) is 3.28. The minimum Gasteiger partial charge on any atom is -0.443 e. The summed E-state index contributed by atoms with van der Waals surface area (Å²) in [5.74, 6) is 1.73. The van der Waals surface area contributed by atoms with Crippen LogP contribution >= 0.6 is 0 Å². The number of nitrogens with one attached hydrogen (secondary N) is 1. The predicted molar refractivity (Wildman–Crippen MR) is 95.5 cm³/mol. The first kappa shape index (κ1) is 17.3. The maximum atomic E-state index is 5.60. The van der Waals surface area contributed by atoms with E-state index < -0.39 is 0 Å². The number of nitrogens with zero attached hydrogens (tertiary/aromatic N) is 2. The molecule has 0 radical (unpaired) electrons. The Hall–Kier alpha value is -2.10. The number of rotatable bonds is 1. The number of aromatic amines is 1. The highest BCUT2D eigenvalue weighted by Crippen LogP contribution is 2.34. The van der Waals surface area contributed by atoms with E-state index in [1.54, 1.807) is 0 Å². The third kappa shape index (κ3) is 4.01. The zero-order valence-electron chi connectivity index (χ0n) is 15.2. The molecule has 0 saturated heterocycles. The number of aryl methyl sites for hydroxylation is 1. The number of benzene rings is 1. The van der Waals surface area contributed by atoms with Gasteiger partial charge in [-0.05, 0) is 18.3 Å². The van der Waals surface area contributed by atoms with Gasteiger partial charge in [0.2, 0.25) is 0 Å². The Kier molecular flexibility index (Phi) is 4.93. The maximum Gasteiger partial charge on any atom is 0.182 e. The lowest BCUT2D eigenvalue weighted by Gasteiger charge is -2.19. The fourth-order valence-corrected chi connectivity index (χ4v) is 2.32. The minimum absolute atomic E-state index is 0.0280. The molecule has 0 amide bonds. The van der Waals surface area contributed by atoms with Crippen LogP contribution < -0.4 is 0 Å². The molecule has 0 bridgehead atoms. The quantitative estimate of drug-likeness (QED) is 0.646. The van der Waals surface area contributed by atoms with Crippen LogP contribution in [0.2, 0.25) is 0 Å². The van der Waals surface area contributed by atoms with E-state index in [2.05, 4.69) is 68.6 Å². The van der Waals surface area contributed by atoms with Crippen molar-refractivity contribution in [1.82, 2.24) is 15.0 Å². The first-order chi connectivity index (χ1) is 10.7. The Morgan fingerprint density at radius 3 is 2.26 bits per heavy atom. The molecule has 0 atom stereocenters. The Morgan fingerprint density at radius 1 is 1.09 bits per heavy atom. The molecule has 2 aromatic heterocycles. The zero-order chi connectivity index (χ0) is 17.2. The summed E-state index contributed by atoms with van der Waals surface area (Å²) in [6, 6.07) is 4.19. The first-order valence-electron chi connectivity index (χ1n) is 8.08. The van der Waals surface area contributed by atoms with Crippen molar-refractivity contribution in [2.24, 2.45) is 5.92 Å². The average Bonchev–Trinajstić information content (AvgIpc) is 3.04. The lowest BCUT2D eigenvalue weighted by atomic mass is 9.85. The van der Waals surface area contributed by atoms with Crippen LogP contribution in [0.15, 0.2) is 29.1 Å². The molecule has 3 rings (SSSR count). The van der Waals surface area contributed by atoms with Gasteiger partial charge >= 0.3 is 0 Å². The predicted octanol–water partition coefficient (Wildman–Crippen LogP) is 5.49. The van der Waals surface area contributed by atoms with E-state index in [0.29, 0.717) is 0 Å². The van der Waals surface area contributed by atoms with Gasteiger partial charge in [-0.25, -0.2) is 9.97 Å². The highest BCUT2D eigenvalue weighted by Gasteiger charge is 2.21. The van der Waals surface area contributed by atoms with Crippen LogP contribution in [0.3, 0.4) is 0 Å². The topological polar surface area (TPSA) is 54.7 Å². The molecule has 4 nitrogen and oxygen atoms in total. The van der Waals surface area contributed by atoms with Gasteiger partial charge in [0.15, 0.2) is 12.0 Å². The smallest absolute Gasteiger partial charge is 0.182 e. The number of fused-ring (bicyclic) bond motifs is 1. The minimum atomic E-state index is 0.0280. The molecule has 124 valence electrons. The van der Waals surface area contributed by atoms with E-state index in [9.17, 15) is 0 Å². The zero-order valence-corrected chi connectivity index (χ0v) is 15.2. The molecular weight excluding hydrogens is 286 g/mol. The van der Waals surface area contributed by atoms with Gasteiger partial charge in [-0.15, -0.1) is 0 Å². The second-order valence-corrected chi connectivity index (χ2v) is 7.56. The summed E-state index contributed by atoms with van der Waals surface area (Å²) in [5.41, 5.74) is 4.93. The highest BCUT2D eigenvalue weighted by molar-refractivity contribution is 5.91. The van der Waals surface area contributed by atoms with Crippen molar-refractivity contribution in [3.05, 3.63) is 36.1 Å². The number of aromatic nitrogens is 3. The van der Waals surface area contributed by atoms with Gasteiger partial charge in [0, 0.05) is 11.1 Å². The molecule has 1 aromatic carbocycles. The van der Waals surface area contributed by atoms with Crippen LogP contribution in [0, 0.1) is 12.8 Å². The van der Waals surface area contributed by atoms with Gasteiger partial charge in [0.1, 0.15) is 11.3 Å². The van der Waals surface area contributed by atoms with E-state index in [0.717, 1.165) is 34.1 Å². The fourth-order valence-electron chi connectivity index (χ4n) is 2.32. The van der Waals surface area contributed by atoms with Gasteiger partial charge in [-0.2, -0.15) is 0 Å². The van der Waals surface area contributed by atoms with Gasteiger partial charge in [0.05, 0.1) is 11.9 Å². The molecule has 0 spiro atoms. The first-order valence-corrected chi connectivity index (χ1v) is 8.08. The lowest BCUT2D eigenvalue weighted by Crippen LogP contribution is -2.11. The van der Waals surface area contributed by atoms with Gasteiger partial charge < -0.3 is 9.40 Å². The van der Waals surface area contributed by atoms with E-state index in [1.807, 2.05) is 13.1 Å². The van der Waals surface area contributed by atoms with Crippen molar-refractivity contribution in [3.63, 3.8) is 0 Å². The average molecular weight is 313 g/mol. The summed E-state index contributed by atoms with van der Waals surface area (Å²) in [7, 11) is 0. The Balaban J connectivity index is 0.000000433. The second kappa shape index (κ2) is 6.57. The summed E-state index contributed by atoms with van der Waals surface area (Å²) < 4.78 is 5.60. The molecule has 1 N–H and O–H groups in total. The van der Waals surface area contributed by atoms with Crippen LogP contribution in [0.1, 0.15) is 52.9 Å². The summed E-state index contributed by atoms with van der Waals surface area (Å²) in [6.45, 7) is 15.0. The van der Waals surface area contributed by atoms with E-state index >= 15 is 0 Å². The molecular formula is C19H27N3O. The van der Waals surface area contributed by atoms with Crippen molar-refractivity contribution >= 4 is 11.1 Å². The lowest BCUT2D eigenvalue weighted by molar-refractivity contribution is 0.554. The molecule has 0 aliphatic heterocycles. The molecule has 4 heteroatoms. The summed E-state index contributed by atoms with van der Waals surface area (Å²) >= 11 is 0. The van der Waals surface area contributed by atoms with Crippen molar-refractivity contribution in [2.75, 3.05) is 0 Å². The maximum absolute atomic E-state index is 5.60. The molecule has 3 aromatic rings. The number of hydrogen-bond donors (Lipinski definition) is 1. The van der Waals surface area contributed by atoms with E-state index in [-0.39, 0.29) is 5.41 Å². The third-order valence-electron chi connectivity index (χ3n) is 3.28. The summed E-state index contributed by atoms with van der Waals surface area (Å²) in [5, 5.41) is 0. The van der Waals surface area contributed by atoms with Crippen LogP contribution in [0.4, 0.5) is 0 Å². The van der Waals surface area contributed by atoms with Crippen LogP contribution in [0.5, 0.6) is 0 Å². The van der Waals surface area contributed by atoms with Crippen LogP contribution in [0.25, 0.3) is 22.4 Å². The largest absolute Gasteiger partial charge is 0.443 e. The molecule has 0 unspecified atom stereocenters. The molecule has 0 fully saturated rings. The van der Waals surface area contributed by atoms with Crippen molar-refractivity contribution < 1.29 is 4.42 Å². The van der Waals surface area contributed by atoms with Crippen LogP contribution in [-0.4, -0.2) is 15.0 Å². The monoisotopic (exact) mass is 313 g/mol. The van der Waals surface area contributed by atoms with Crippen molar-refractivity contribution in [3.8, 4) is 11.3 Å². The fraction of sp³-hybridized carbons (Fsp3) is 0.474. The van der Waals surface area contributed by atoms with Crippen molar-refractivity contribution in [2.45, 2.75) is 53.9 Å². The Labute approximate surface area is 138 Å². The van der Waals surface area contributed by atoms with Crippen molar-refractivity contribution in [1.29, 1.82) is 0 Å². The van der Waals surface area contributed by atoms with Crippen LogP contribution in [-0.2, 0) is 5.41 Å². The molecule has 0 saturated carbocycles. The van der Waals surface area contributed by atoms with Gasteiger partial charge in [-0.3, -0.25) is 0 Å². The molecule has 0 aliphatic carbocycles. The Morgan fingerprint density at radius 2 is 1.74 bits per heavy atom. The normalized spacial score (nSPS) is 11.7. The molecule has 23 heavy (non-hydrogen) atoms. The SMILES string of the molecule is CC(C)C.Cc1ncc(-c2ccc(C(C)(C)C)c3ocnc23)[nH]1. The number of imidazole rings is 1. The number of H-pyrrole nitrogens is 1. The number of oxazole rings is 1. The van der Waals surface area contributed by atoms with E-state index in [4.69, 9.17) is 4.42 Å². The van der Waals surface area contributed by atoms with Gasteiger partial charge in [-0.1, -0.05) is 53.7 Å². The number of hydrogen-bond acceptors (Lipinski definition) is 3. The second-order valence-electron chi connectivity index (χ2n) is 7.56. The van der Waals surface area contributed by atoms with Gasteiger partial charge in [0.25, 0.3) is 0 Å². The summed E-state index contributed by atoms with van der Waals surface area (Å²) in [4.78, 5) is 11.8. The summed E-state index contributed by atoms with van der Waals surface area (Å²) in [6.07, 6.45) is 3.34. The highest BCUT2D eigenvalue weighted by atomic mass is 16.3. The standard InChI is InChI=1S/C15H17N3O.C4H10/c1-9-16-7-12(18-9)10-5-6-11(15(2,3)4)14-13(10)17-8-19-14;1-4(2)3/h5-8H,1-4H3,(H,16,18);4H,1-3H3. The molecule has 2 heterocycles. The molecule has 0 aliphatic rings. The Bertz CT molecular complexity index is 773.